The van der Waals surface area contributed by atoms with E-state index in [0.717, 1.165) is 43.5 Å². The third-order valence-corrected chi connectivity index (χ3v) is 6.54. The molecule has 1 aliphatic heterocycles. The van der Waals surface area contributed by atoms with Gasteiger partial charge >= 0.3 is 6.18 Å². The fourth-order valence-corrected chi connectivity index (χ4v) is 4.05. The van der Waals surface area contributed by atoms with Crippen LogP contribution in [-0.2, 0) is 15.8 Å². The van der Waals surface area contributed by atoms with Crippen molar-refractivity contribution in [2.45, 2.75) is 24.1 Å². The molecule has 206 valence electrons. The van der Waals surface area contributed by atoms with Crippen LogP contribution in [0.1, 0.15) is 28.5 Å². The van der Waals surface area contributed by atoms with Crippen molar-refractivity contribution < 1.29 is 46.1 Å². The van der Waals surface area contributed by atoms with Crippen molar-refractivity contribution in [3.63, 3.8) is 0 Å². The molecule has 13 heteroatoms. The summed E-state index contributed by atoms with van der Waals surface area (Å²) in [5.41, 5.74) is -1.16. The minimum absolute atomic E-state index is 0.0568. The number of fused-ring (bicyclic) bond motifs is 1. The molecule has 2 atom stereocenters. The second kappa shape index (κ2) is 9.80. The van der Waals surface area contributed by atoms with Gasteiger partial charge in [-0.05, 0) is 55.5 Å². The van der Waals surface area contributed by atoms with Gasteiger partial charge in [-0.2, -0.15) is 13.2 Å². The number of halogens is 5. The first kappa shape index (κ1) is 27.8. The number of ether oxygens (including phenoxy) is 2. The summed E-state index contributed by atoms with van der Waals surface area (Å²) in [5, 5.41) is 13.0. The number of nitrogens with two attached hydrogens (primary N) is 1. The van der Waals surface area contributed by atoms with Crippen molar-refractivity contribution in [1.29, 1.82) is 0 Å². The highest BCUT2D eigenvalue weighted by atomic mass is 19.4. The van der Waals surface area contributed by atoms with Gasteiger partial charge in [0.25, 0.3) is 5.91 Å². The molecule has 0 unspecified atom stereocenters. The molecule has 0 saturated carbocycles. The summed E-state index contributed by atoms with van der Waals surface area (Å²) in [6, 6.07) is 8.31. The van der Waals surface area contributed by atoms with Crippen LogP contribution in [0.5, 0.6) is 11.5 Å². The Bertz CT molecular complexity index is 1450. The van der Waals surface area contributed by atoms with Gasteiger partial charge in [-0.25, -0.2) is 13.8 Å². The van der Waals surface area contributed by atoms with Crippen LogP contribution in [0.4, 0.5) is 22.0 Å². The van der Waals surface area contributed by atoms with Gasteiger partial charge in [0.05, 0.1) is 19.3 Å². The molecule has 2 heterocycles. The molecule has 0 aliphatic carbocycles. The van der Waals surface area contributed by atoms with Gasteiger partial charge in [0.15, 0.2) is 11.6 Å². The first-order chi connectivity index (χ1) is 18.2. The number of hydrogen-bond acceptors (Lipinski definition) is 6. The lowest BCUT2D eigenvalue weighted by molar-refractivity contribution is -0.265. The molecule has 4 N–H and O–H groups in total. The number of pyridine rings is 1. The predicted octanol–water partition coefficient (Wildman–Crippen LogP) is 3.35. The maximum absolute atomic E-state index is 14.4. The third kappa shape index (κ3) is 4.85. The van der Waals surface area contributed by atoms with E-state index in [2.05, 4.69) is 4.98 Å². The van der Waals surface area contributed by atoms with E-state index in [4.69, 9.17) is 15.2 Å². The maximum Gasteiger partial charge on any atom is 0.424 e. The summed E-state index contributed by atoms with van der Waals surface area (Å²) >= 11 is 0. The summed E-state index contributed by atoms with van der Waals surface area (Å²) in [4.78, 5) is 28.9. The topological polar surface area (TPSA) is 124 Å². The number of carbonyl (C=O) groups excluding carboxylic acids is 2. The Kier molecular flexibility index (Phi) is 6.98. The number of hydrogen-bond donors (Lipinski definition) is 3. The van der Waals surface area contributed by atoms with Crippen LogP contribution in [0.25, 0.3) is 11.3 Å². The SMILES string of the molecule is COc1cc(C(=O)NC[C@](O)(c2cc3c(c(-c4ccc(F)cc4)n2)OC[C@]3(C)C(N)=O)C(F)(F)F)ccc1F. The van der Waals surface area contributed by atoms with Gasteiger partial charge in [-0.3, -0.25) is 9.59 Å². The highest BCUT2D eigenvalue weighted by molar-refractivity contribution is 5.94. The zero-order valence-electron chi connectivity index (χ0n) is 20.5. The lowest BCUT2D eigenvalue weighted by Crippen LogP contribution is -2.51. The molecule has 0 saturated heterocycles. The monoisotopic (exact) mass is 551 g/mol. The molecule has 0 fully saturated rings. The highest BCUT2D eigenvalue weighted by Gasteiger charge is 2.57. The van der Waals surface area contributed by atoms with E-state index in [1.165, 1.54) is 19.1 Å². The van der Waals surface area contributed by atoms with E-state index in [1.54, 1.807) is 0 Å². The van der Waals surface area contributed by atoms with Crippen LogP contribution in [0.2, 0.25) is 0 Å². The summed E-state index contributed by atoms with van der Waals surface area (Å²) in [5.74, 6) is -3.77. The van der Waals surface area contributed by atoms with Crippen LogP contribution in [0, 0.1) is 11.6 Å². The third-order valence-electron chi connectivity index (χ3n) is 6.54. The van der Waals surface area contributed by atoms with Crippen LogP contribution >= 0.6 is 0 Å². The van der Waals surface area contributed by atoms with Crippen molar-refractivity contribution in [3.8, 4) is 22.8 Å². The van der Waals surface area contributed by atoms with E-state index < -0.39 is 52.9 Å². The minimum Gasteiger partial charge on any atom is -0.494 e. The molecule has 1 aromatic heterocycles. The molecule has 0 bridgehead atoms. The summed E-state index contributed by atoms with van der Waals surface area (Å²) in [6.45, 7) is -0.363. The molecule has 0 radical (unpaired) electrons. The molecule has 2 aromatic carbocycles. The first-order valence-corrected chi connectivity index (χ1v) is 11.4. The average Bonchev–Trinajstić information content (AvgIpc) is 3.24. The van der Waals surface area contributed by atoms with Crippen molar-refractivity contribution in [3.05, 3.63) is 77.0 Å². The smallest absolute Gasteiger partial charge is 0.424 e. The second-order valence-electron chi connectivity index (χ2n) is 9.11. The number of benzene rings is 2. The standard InChI is InChI=1S/C26H22F5N3O5/c1-24(23(32)36)12-39-21-16(24)10-19(34-20(21)13-3-6-15(27)7-4-13)25(37,26(29,30)31)11-33-22(35)14-5-8-17(28)18(9-14)38-2/h3-10,37H,11-12H2,1-2H3,(H2,32,36)(H,33,35)/t24-,25-/m0/s1. The summed E-state index contributed by atoms with van der Waals surface area (Å²) in [7, 11) is 1.14. The number of primary amides is 1. The van der Waals surface area contributed by atoms with E-state index in [9.17, 15) is 36.6 Å². The number of aromatic nitrogens is 1. The number of rotatable bonds is 7. The lowest BCUT2D eigenvalue weighted by atomic mass is 9.81. The lowest BCUT2D eigenvalue weighted by Gasteiger charge is -2.31. The Morgan fingerprint density at radius 3 is 2.41 bits per heavy atom. The molecule has 2 amide bonds. The number of aliphatic hydroxyl groups is 1. The molecule has 0 spiro atoms. The molecular weight excluding hydrogens is 529 g/mol. The van der Waals surface area contributed by atoms with Crippen LogP contribution in [-0.4, -0.2) is 48.3 Å². The molecular formula is C26H22F5N3O5. The molecule has 4 rings (SSSR count). The van der Waals surface area contributed by atoms with Crippen molar-refractivity contribution in [2.75, 3.05) is 20.3 Å². The van der Waals surface area contributed by atoms with Gasteiger partial charge in [-0.15, -0.1) is 0 Å². The van der Waals surface area contributed by atoms with Gasteiger partial charge in [0, 0.05) is 16.7 Å². The first-order valence-electron chi connectivity index (χ1n) is 11.4. The Morgan fingerprint density at radius 1 is 1.15 bits per heavy atom. The van der Waals surface area contributed by atoms with E-state index in [-0.39, 0.29) is 40.5 Å². The summed E-state index contributed by atoms with van der Waals surface area (Å²) in [6.07, 6.45) is -5.38. The number of nitrogens with one attached hydrogen (secondary N) is 1. The maximum atomic E-state index is 14.4. The second-order valence-corrected chi connectivity index (χ2v) is 9.11. The average molecular weight is 551 g/mol. The Hall–Kier alpha value is -4.26. The van der Waals surface area contributed by atoms with Crippen LogP contribution in [0.15, 0.2) is 48.5 Å². The van der Waals surface area contributed by atoms with Gasteiger partial charge < -0.3 is 25.6 Å². The van der Waals surface area contributed by atoms with E-state index in [0.29, 0.717) is 0 Å². The Labute approximate surface area is 218 Å². The van der Waals surface area contributed by atoms with Gasteiger partial charge in [0.2, 0.25) is 11.5 Å². The van der Waals surface area contributed by atoms with Crippen molar-refractivity contribution in [2.24, 2.45) is 5.73 Å². The van der Waals surface area contributed by atoms with Crippen molar-refractivity contribution >= 4 is 11.8 Å². The fraction of sp³-hybridized carbons (Fsp3) is 0.269. The number of nitrogens with zero attached hydrogens (tertiary/aromatic N) is 1. The quantitative estimate of drug-likeness (QED) is 0.387. The normalized spacial score (nSPS) is 18.1. The molecule has 1 aliphatic rings. The highest BCUT2D eigenvalue weighted by Crippen LogP contribution is 2.47. The van der Waals surface area contributed by atoms with E-state index in [1.807, 2.05) is 5.32 Å². The zero-order valence-corrected chi connectivity index (χ0v) is 20.5. The Morgan fingerprint density at radius 2 is 1.82 bits per heavy atom. The molecule has 39 heavy (non-hydrogen) atoms. The minimum atomic E-state index is -5.38. The van der Waals surface area contributed by atoms with E-state index >= 15 is 0 Å². The van der Waals surface area contributed by atoms with Gasteiger partial charge in [0.1, 0.15) is 29.3 Å². The largest absolute Gasteiger partial charge is 0.494 e. The number of amides is 2. The molecule has 3 aromatic rings. The number of alkyl halides is 3. The zero-order chi connectivity index (χ0) is 28.8. The molecule has 8 nitrogen and oxygen atoms in total. The predicted molar refractivity (Wildman–Crippen MR) is 127 cm³/mol. The summed E-state index contributed by atoms with van der Waals surface area (Å²) < 4.78 is 80.9. The Balaban J connectivity index is 1.82. The van der Waals surface area contributed by atoms with Crippen LogP contribution < -0.4 is 20.5 Å². The fourth-order valence-electron chi connectivity index (χ4n) is 4.05. The van der Waals surface area contributed by atoms with Crippen LogP contribution in [0.3, 0.4) is 0 Å². The number of carbonyl (C=O) groups is 2. The number of methoxy groups -OCH3 is 1. The van der Waals surface area contributed by atoms with Crippen molar-refractivity contribution in [1.82, 2.24) is 10.3 Å². The van der Waals surface area contributed by atoms with Gasteiger partial charge in [-0.1, -0.05) is 0 Å².